The van der Waals surface area contributed by atoms with Gasteiger partial charge in [0.1, 0.15) is 11.5 Å². The number of hydrogen-bond acceptors (Lipinski definition) is 4. The number of rotatable bonds is 4. The molecule has 6 N–H and O–H groups in total. The van der Waals surface area contributed by atoms with Crippen molar-refractivity contribution in [2.75, 3.05) is 13.1 Å². The van der Waals surface area contributed by atoms with E-state index >= 15 is 0 Å². The zero-order valence-corrected chi connectivity index (χ0v) is 8.93. The van der Waals surface area contributed by atoms with Crippen LogP contribution in [0.25, 0.3) is 0 Å². The van der Waals surface area contributed by atoms with Crippen molar-refractivity contribution >= 4 is 11.9 Å². The molecule has 0 saturated carbocycles. The summed E-state index contributed by atoms with van der Waals surface area (Å²) in [5.41, 5.74) is 4.96. The smallest absolute Gasteiger partial charge is 0.312 e. The first-order chi connectivity index (χ1) is 7.99. The minimum absolute atomic E-state index is 0.126. The number of carbonyl (C=O) groups excluding carboxylic acids is 2. The lowest BCUT2D eigenvalue weighted by molar-refractivity contribution is 0.0953. The molecule has 0 saturated heterocycles. The second-order valence-electron chi connectivity index (χ2n) is 3.29. The number of amides is 3. The van der Waals surface area contributed by atoms with Crippen LogP contribution in [0.1, 0.15) is 10.4 Å². The normalized spacial score (nSPS) is 9.65. The van der Waals surface area contributed by atoms with Crippen molar-refractivity contribution in [3.8, 4) is 11.5 Å². The second-order valence-corrected chi connectivity index (χ2v) is 3.29. The third kappa shape index (κ3) is 4.29. The van der Waals surface area contributed by atoms with Gasteiger partial charge in [0, 0.05) is 24.7 Å². The van der Waals surface area contributed by atoms with Gasteiger partial charge in [-0.2, -0.15) is 0 Å². The Bertz CT molecular complexity index is 413. The van der Waals surface area contributed by atoms with E-state index in [4.69, 9.17) is 5.73 Å². The average Bonchev–Trinajstić information content (AvgIpc) is 2.22. The van der Waals surface area contributed by atoms with E-state index in [1.54, 1.807) is 0 Å². The van der Waals surface area contributed by atoms with Gasteiger partial charge >= 0.3 is 6.03 Å². The van der Waals surface area contributed by atoms with Crippen LogP contribution in [-0.4, -0.2) is 35.2 Å². The van der Waals surface area contributed by atoms with Crippen molar-refractivity contribution in [1.82, 2.24) is 10.6 Å². The maximum Gasteiger partial charge on any atom is 0.312 e. The monoisotopic (exact) mass is 239 g/mol. The van der Waals surface area contributed by atoms with Crippen molar-refractivity contribution < 1.29 is 19.8 Å². The van der Waals surface area contributed by atoms with E-state index < -0.39 is 11.9 Å². The molecule has 7 nitrogen and oxygen atoms in total. The zero-order valence-electron chi connectivity index (χ0n) is 8.93. The molecule has 0 atom stereocenters. The lowest BCUT2D eigenvalue weighted by Crippen LogP contribution is -2.37. The first-order valence-electron chi connectivity index (χ1n) is 4.83. The highest BCUT2D eigenvalue weighted by atomic mass is 16.3. The van der Waals surface area contributed by atoms with Gasteiger partial charge in [0.2, 0.25) is 0 Å². The Kier molecular flexibility index (Phi) is 4.15. The van der Waals surface area contributed by atoms with Crippen molar-refractivity contribution in [2.24, 2.45) is 5.73 Å². The topological polar surface area (TPSA) is 125 Å². The average molecular weight is 239 g/mol. The van der Waals surface area contributed by atoms with Crippen molar-refractivity contribution in [1.29, 1.82) is 0 Å². The van der Waals surface area contributed by atoms with E-state index in [2.05, 4.69) is 10.6 Å². The number of phenols is 2. The number of hydrogen-bond donors (Lipinski definition) is 5. The molecule has 0 bridgehead atoms. The third-order valence-corrected chi connectivity index (χ3v) is 1.87. The van der Waals surface area contributed by atoms with E-state index in [-0.39, 0.29) is 30.2 Å². The minimum Gasteiger partial charge on any atom is -0.508 e. The van der Waals surface area contributed by atoms with Crippen molar-refractivity contribution in [3.63, 3.8) is 0 Å². The highest BCUT2D eigenvalue weighted by Crippen LogP contribution is 2.19. The summed E-state index contributed by atoms with van der Waals surface area (Å²) in [7, 11) is 0. The van der Waals surface area contributed by atoms with Gasteiger partial charge in [-0.05, 0) is 12.1 Å². The Morgan fingerprint density at radius 1 is 1.06 bits per heavy atom. The lowest BCUT2D eigenvalue weighted by atomic mass is 10.2. The molecule has 1 rings (SSSR count). The van der Waals surface area contributed by atoms with Gasteiger partial charge in [0.15, 0.2) is 0 Å². The SMILES string of the molecule is NC(=O)NCCNC(=O)c1cc(O)cc(O)c1. The molecule has 1 aromatic rings. The van der Waals surface area contributed by atoms with Gasteiger partial charge in [-0.25, -0.2) is 4.79 Å². The number of aromatic hydroxyl groups is 2. The number of carbonyl (C=O) groups is 2. The molecular weight excluding hydrogens is 226 g/mol. The molecule has 0 fully saturated rings. The molecule has 0 unspecified atom stereocenters. The van der Waals surface area contributed by atoms with Gasteiger partial charge in [0.05, 0.1) is 0 Å². The van der Waals surface area contributed by atoms with E-state index in [1.165, 1.54) is 12.1 Å². The lowest BCUT2D eigenvalue weighted by Gasteiger charge is -2.06. The Balaban J connectivity index is 2.49. The molecule has 17 heavy (non-hydrogen) atoms. The summed E-state index contributed by atoms with van der Waals surface area (Å²) >= 11 is 0. The Morgan fingerprint density at radius 2 is 1.59 bits per heavy atom. The number of nitrogens with two attached hydrogens (primary N) is 1. The molecular formula is C10H13N3O4. The van der Waals surface area contributed by atoms with E-state index in [0.29, 0.717) is 0 Å². The molecule has 0 aliphatic heterocycles. The summed E-state index contributed by atoms with van der Waals surface area (Å²) in [5, 5.41) is 23.1. The highest BCUT2D eigenvalue weighted by Gasteiger charge is 2.07. The van der Waals surface area contributed by atoms with Gasteiger partial charge in [0.25, 0.3) is 5.91 Å². The first kappa shape index (κ1) is 12.6. The predicted molar refractivity (Wildman–Crippen MR) is 59.7 cm³/mol. The third-order valence-electron chi connectivity index (χ3n) is 1.87. The fourth-order valence-corrected chi connectivity index (χ4v) is 1.19. The molecule has 0 heterocycles. The molecule has 0 radical (unpaired) electrons. The van der Waals surface area contributed by atoms with Crippen LogP contribution in [0.3, 0.4) is 0 Å². The van der Waals surface area contributed by atoms with Crippen LogP contribution < -0.4 is 16.4 Å². The Morgan fingerprint density at radius 3 is 2.12 bits per heavy atom. The van der Waals surface area contributed by atoms with Crippen LogP contribution >= 0.6 is 0 Å². The van der Waals surface area contributed by atoms with Crippen LogP contribution in [0.5, 0.6) is 11.5 Å². The van der Waals surface area contributed by atoms with Crippen LogP contribution in [-0.2, 0) is 0 Å². The van der Waals surface area contributed by atoms with Gasteiger partial charge < -0.3 is 26.6 Å². The number of primary amides is 1. The molecule has 0 aliphatic rings. The Labute approximate surface area is 97.2 Å². The van der Waals surface area contributed by atoms with Gasteiger partial charge in [-0.15, -0.1) is 0 Å². The molecule has 92 valence electrons. The summed E-state index contributed by atoms with van der Waals surface area (Å²) in [6.07, 6.45) is 0. The van der Waals surface area contributed by atoms with Crippen LogP contribution in [0, 0.1) is 0 Å². The fourth-order valence-electron chi connectivity index (χ4n) is 1.19. The maximum absolute atomic E-state index is 11.5. The first-order valence-corrected chi connectivity index (χ1v) is 4.83. The molecule has 1 aromatic carbocycles. The molecule has 0 spiro atoms. The van der Waals surface area contributed by atoms with Gasteiger partial charge in [-0.3, -0.25) is 4.79 Å². The summed E-state index contributed by atoms with van der Waals surface area (Å²) < 4.78 is 0. The summed E-state index contributed by atoms with van der Waals surface area (Å²) in [4.78, 5) is 21.9. The van der Waals surface area contributed by atoms with E-state index in [9.17, 15) is 19.8 Å². The zero-order chi connectivity index (χ0) is 12.8. The largest absolute Gasteiger partial charge is 0.508 e. The summed E-state index contributed by atoms with van der Waals surface area (Å²) in [5.74, 6) is -0.877. The molecule has 0 aliphatic carbocycles. The Hall–Kier alpha value is -2.44. The van der Waals surface area contributed by atoms with Crippen molar-refractivity contribution in [2.45, 2.75) is 0 Å². The maximum atomic E-state index is 11.5. The van der Waals surface area contributed by atoms with Crippen LogP contribution in [0.4, 0.5) is 4.79 Å². The van der Waals surface area contributed by atoms with Crippen LogP contribution in [0.2, 0.25) is 0 Å². The summed E-state index contributed by atoms with van der Waals surface area (Å²) in [6.45, 7) is 0.393. The predicted octanol–water partition coefficient (Wildman–Crippen LogP) is -0.504. The minimum atomic E-state index is -0.672. The van der Waals surface area contributed by atoms with Crippen LogP contribution in [0.15, 0.2) is 18.2 Å². The van der Waals surface area contributed by atoms with E-state index in [1.807, 2.05) is 0 Å². The highest BCUT2D eigenvalue weighted by molar-refractivity contribution is 5.95. The standard InChI is InChI=1S/C10H13N3O4/c11-10(17)13-2-1-12-9(16)6-3-7(14)5-8(15)4-6/h3-5,14-15H,1-2H2,(H,12,16)(H3,11,13,17). The molecule has 0 aromatic heterocycles. The van der Waals surface area contributed by atoms with Gasteiger partial charge in [-0.1, -0.05) is 0 Å². The number of phenolic OH excluding ortho intramolecular Hbond substituents is 2. The fraction of sp³-hybridized carbons (Fsp3) is 0.200. The number of benzene rings is 1. The second kappa shape index (κ2) is 5.59. The molecule has 3 amide bonds. The number of urea groups is 1. The summed E-state index contributed by atoms with van der Waals surface area (Å²) in [6, 6.07) is 2.88. The van der Waals surface area contributed by atoms with E-state index in [0.717, 1.165) is 6.07 Å². The van der Waals surface area contributed by atoms with Crippen molar-refractivity contribution in [3.05, 3.63) is 23.8 Å². The molecule has 7 heteroatoms. The quantitative estimate of drug-likeness (QED) is 0.454. The number of nitrogens with one attached hydrogen (secondary N) is 2.